The van der Waals surface area contributed by atoms with Crippen molar-refractivity contribution in [2.45, 2.75) is 64.5 Å². The lowest BCUT2D eigenvalue weighted by Crippen LogP contribution is -2.48. The highest BCUT2D eigenvalue weighted by Gasteiger charge is 2.40. The van der Waals surface area contributed by atoms with Crippen molar-refractivity contribution < 1.29 is 9.21 Å². The van der Waals surface area contributed by atoms with Crippen LogP contribution in [0.5, 0.6) is 0 Å². The summed E-state index contributed by atoms with van der Waals surface area (Å²) < 4.78 is 5.61. The molecule has 0 bridgehead atoms. The SMILES string of the molecule is Cc1cc(C(C)C(=O)N2CCCC2C2CCCN2C)c(C)o1. The molecule has 0 radical (unpaired) electrons. The summed E-state index contributed by atoms with van der Waals surface area (Å²) in [5, 5.41) is 0. The molecule has 3 unspecified atom stereocenters. The first kappa shape index (κ1) is 15.6. The van der Waals surface area contributed by atoms with Crippen molar-refractivity contribution in [3.8, 4) is 0 Å². The van der Waals surface area contributed by atoms with Crippen LogP contribution in [-0.2, 0) is 4.79 Å². The third kappa shape index (κ3) is 2.69. The molecule has 2 aliphatic rings. The minimum Gasteiger partial charge on any atom is -0.466 e. The molecule has 0 saturated carbocycles. The topological polar surface area (TPSA) is 36.7 Å². The average Bonchev–Trinajstić information content (AvgIpc) is 3.17. The van der Waals surface area contributed by atoms with Gasteiger partial charge in [0.05, 0.1) is 5.92 Å². The number of nitrogens with zero attached hydrogens (tertiary/aromatic N) is 2. The molecule has 1 aromatic heterocycles. The van der Waals surface area contributed by atoms with Gasteiger partial charge in [0.15, 0.2) is 0 Å². The highest BCUT2D eigenvalue weighted by atomic mass is 16.3. The number of amides is 1. The van der Waals surface area contributed by atoms with Gasteiger partial charge >= 0.3 is 0 Å². The third-order valence-electron chi connectivity index (χ3n) is 5.52. The van der Waals surface area contributed by atoms with Crippen molar-refractivity contribution in [3.05, 3.63) is 23.2 Å². The van der Waals surface area contributed by atoms with Crippen molar-refractivity contribution >= 4 is 5.91 Å². The van der Waals surface area contributed by atoms with E-state index in [1.54, 1.807) is 0 Å². The van der Waals surface area contributed by atoms with Gasteiger partial charge in [0.2, 0.25) is 5.91 Å². The number of likely N-dealkylation sites (N-methyl/N-ethyl adjacent to an activating group) is 1. The van der Waals surface area contributed by atoms with Gasteiger partial charge in [0, 0.05) is 24.2 Å². The Hall–Kier alpha value is -1.29. The standard InChI is InChI=1S/C18H28N2O2/c1-12-11-15(14(3)22-12)13(2)18(21)20-10-6-8-17(20)16-7-5-9-19(16)4/h11,13,16-17H,5-10H2,1-4H3. The largest absolute Gasteiger partial charge is 0.466 e. The van der Waals surface area contributed by atoms with Crippen molar-refractivity contribution in [2.24, 2.45) is 0 Å². The van der Waals surface area contributed by atoms with Crippen LogP contribution in [0.25, 0.3) is 0 Å². The van der Waals surface area contributed by atoms with E-state index in [1.807, 2.05) is 26.8 Å². The van der Waals surface area contributed by atoms with Gasteiger partial charge in [-0.05, 0) is 66.1 Å². The van der Waals surface area contributed by atoms with Gasteiger partial charge in [-0.25, -0.2) is 0 Å². The van der Waals surface area contributed by atoms with Crippen molar-refractivity contribution in [2.75, 3.05) is 20.1 Å². The van der Waals surface area contributed by atoms with E-state index < -0.39 is 0 Å². The molecule has 122 valence electrons. The second-order valence-corrected chi connectivity index (χ2v) is 7.02. The lowest BCUT2D eigenvalue weighted by atomic mass is 9.97. The maximum atomic E-state index is 13.0. The lowest BCUT2D eigenvalue weighted by Gasteiger charge is -2.34. The maximum Gasteiger partial charge on any atom is 0.230 e. The number of rotatable bonds is 3. The van der Waals surface area contributed by atoms with Crippen LogP contribution >= 0.6 is 0 Å². The summed E-state index contributed by atoms with van der Waals surface area (Å²) in [4.78, 5) is 17.6. The Labute approximate surface area is 133 Å². The molecule has 2 saturated heterocycles. The van der Waals surface area contributed by atoms with Gasteiger partial charge in [-0.1, -0.05) is 0 Å². The molecule has 3 atom stereocenters. The van der Waals surface area contributed by atoms with Crippen molar-refractivity contribution in [3.63, 3.8) is 0 Å². The summed E-state index contributed by atoms with van der Waals surface area (Å²) in [5.74, 6) is 1.93. The molecule has 4 heteroatoms. The van der Waals surface area contributed by atoms with Gasteiger partial charge < -0.3 is 14.2 Å². The smallest absolute Gasteiger partial charge is 0.230 e. The van der Waals surface area contributed by atoms with Crippen molar-refractivity contribution in [1.29, 1.82) is 0 Å². The number of aryl methyl sites for hydroxylation is 2. The van der Waals surface area contributed by atoms with Crippen molar-refractivity contribution in [1.82, 2.24) is 9.80 Å². The Bertz CT molecular complexity index is 551. The molecule has 1 amide bonds. The second-order valence-electron chi connectivity index (χ2n) is 7.02. The molecular weight excluding hydrogens is 276 g/mol. The predicted octanol–water partition coefficient (Wildman–Crippen LogP) is 3.09. The lowest BCUT2D eigenvalue weighted by molar-refractivity contribution is -0.134. The summed E-state index contributed by atoms with van der Waals surface area (Å²) in [6, 6.07) is 2.96. The fourth-order valence-electron chi connectivity index (χ4n) is 4.35. The van der Waals surface area contributed by atoms with E-state index in [4.69, 9.17) is 4.42 Å². The number of carbonyl (C=O) groups is 1. The fourth-order valence-corrected chi connectivity index (χ4v) is 4.35. The van der Waals surface area contributed by atoms with Crippen LogP contribution in [0.15, 0.2) is 10.5 Å². The monoisotopic (exact) mass is 304 g/mol. The zero-order valence-corrected chi connectivity index (χ0v) is 14.3. The van der Waals surface area contributed by atoms with Crippen LogP contribution < -0.4 is 0 Å². The Morgan fingerprint density at radius 1 is 1.23 bits per heavy atom. The van der Waals surface area contributed by atoms with Gasteiger partial charge in [-0.2, -0.15) is 0 Å². The summed E-state index contributed by atoms with van der Waals surface area (Å²) in [7, 11) is 2.20. The molecule has 2 aliphatic heterocycles. The molecule has 22 heavy (non-hydrogen) atoms. The van der Waals surface area contributed by atoms with Gasteiger partial charge in [-0.3, -0.25) is 4.79 Å². The summed E-state index contributed by atoms with van der Waals surface area (Å²) in [6.07, 6.45) is 4.77. The van der Waals surface area contributed by atoms with Gasteiger partial charge in [-0.15, -0.1) is 0 Å². The Morgan fingerprint density at radius 2 is 1.91 bits per heavy atom. The van der Waals surface area contributed by atoms with Crippen LogP contribution in [0.3, 0.4) is 0 Å². The Balaban J connectivity index is 1.77. The first-order valence-corrected chi connectivity index (χ1v) is 8.56. The first-order chi connectivity index (χ1) is 10.5. The average molecular weight is 304 g/mol. The van der Waals surface area contributed by atoms with Crippen LogP contribution in [0.4, 0.5) is 0 Å². The van der Waals surface area contributed by atoms with Gasteiger partial charge in [0.25, 0.3) is 0 Å². The van der Waals surface area contributed by atoms with E-state index >= 15 is 0 Å². The Morgan fingerprint density at radius 3 is 2.50 bits per heavy atom. The van der Waals surface area contributed by atoms with E-state index in [0.717, 1.165) is 36.5 Å². The summed E-state index contributed by atoms with van der Waals surface area (Å²) in [5.41, 5.74) is 1.05. The van der Waals surface area contributed by atoms with E-state index in [1.165, 1.54) is 19.4 Å². The summed E-state index contributed by atoms with van der Waals surface area (Å²) in [6.45, 7) is 8.00. The normalized spacial score (nSPS) is 27.5. The van der Waals surface area contributed by atoms with Crippen LogP contribution in [0.2, 0.25) is 0 Å². The molecule has 0 N–H and O–H groups in total. The quantitative estimate of drug-likeness (QED) is 0.861. The zero-order chi connectivity index (χ0) is 15.9. The summed E-state index contributed by atoms with van der Waals surface area (Å²) >= 11 is 0. The molecule has 0 spiro atoms. The number of hydrogen-bond donors (Lipinski definition) is 0. The molecule has 4 nitrogen and oxygen atoms in total. The number of carbonyl (C=O) groups excluding carboxylic acids is 1. The van der Waals surface area contributed by atoms with E-state index in [2.05, 4.69) is 16.8 Å². The highest BCUT2D eigenvalue weighted by molar-refractivity contribution is 5.84. The zero-order valence-electron chi connectivity index (χ0n) is 14.3. The third-order valence-corrected chi connectivity index (χ3v) is 5.52. The highest BCUT2D eigenvalue weighted by Crippen LogP contribution is 2.32. The second kappa shape index (κ2) is 6.07. The molecule has 2 fully saturated rings. The molecule has 3 rings (SSSR count). The molecule has 3 heterocycles. The van der Waals surface area contributed by atoms with Crippen LogP contribution in [0, 0.1) is 13.8 Å². The van der Waals surface area contributed by atoms with Crippen LogP contribution in [0.1, 0.15) is 55.6 Å². The van der Waals surface area contributed by atoms with E-state index in [-0.39, 0.29) is 11.8 Å². The predicted molar refractivity (Wildman–Crippen MR) is 87.0 cm³/mol. The number of furan rings is 1. The fraction of sp³-hybridized carbons (Fsp3) is 0.722. The Kier molecular flexibility index (Phi) is 4.31. The first-order valence-electron chi connectivity index (χ1n) is 8.56. The number of likely N-dealkylation sites (tertiary alicyclic amines) is 2. The van der Waals surface area contributed by atoms with E-state index in [9.17, 15) is 4.79 Å². The molecular formula is C18H28N2O2. The van der Waals surface area contributed by atoms with Crippen LogP contribution in [-0.4, -0.2) is 47.9 Å². The maximum absolute atomic E-state index is 13.0. The minimum atomic E-state index is -0.107. The van der Waals surface area contributed by atoms with E-state index in [0.29, 0.717) is 12.1 Å². The molecule has 1 aromatic rings. The molecule has 0 aromatic carbocycles. The minimum absolute atomic E-state index is 0.107. The number of hydrogen-bond acceptors (Lipinski definition) is 3. The molecule has 0 aliphatic carbocycles. The van der Waals surface area contributed by atoms with Gasteiger partial charge in [0.1, 0.15) is 11.5 Å².